The van der Waals surface area contributed by atoms with Crippen molar-refractivity contribution in [1.82, 2.24) is 0 Å². The van der Waals surface area contributed by atoms with Gasteiger partial charge in [0.25, 0.3) is 11.7 Å². The van der Waals surface area contributed by atoms with Crippen LogP contribution in [0.5, 0.6) is 5.75 Å². The van der Waals surface area contributed by atoms with Crippen molar-refractivity contribution in [3.63, 3.8) is 0 Å². The number of amides is 1. The van der Waals surface area contributed by atoms with E-state index in [9.17, 15) is 23.1 Å². The number of benzene rings is 3. The number of sulfonamides is 1. The first-order chi connectivity index (χ1) is 16.1. The normalized spacial score (nSPS) is 17.7. The number of aliphatic hydroxyl groups is 1. The summed E-state index contributed by atoms with van der Waals surface area (Å²) < 4.78 is 29.0. The molecule has 3 aromatic carbocycles. The SMILES string of the molecule is COc1ccc(/C(O)=C2\C(=O)C(=O)N(c3ccc(S(N)(=O)=O)cc3)C2c2ccccc2)cc1Br. The third kappa shape index (κ3) is 4.23. The summed E-state index contributed by atoms with van der Waals surface area (Å²) in [4.78, 5) is 27.4. The Bertz CT molecular complexity index is 1420. The molecule has 1 atom stereocenters. The van der Waals surface area contributed by atoms with Crippen LogP contribution >= 0.6 is 15.9 Å². The average molecular weight is 543 g/mol. The van der Waals surface area contributed by atoms with E-state index >= 15 is 0 Å². The summed E-state index contributed by atoms with van der Waals surface area (Å²) in [6, 6.07) is 17.9. The monoisotopic (exact) mass is 542 g/mol. The standard InChI is InChI=1S/C24H19BrN2O6S/c1-33-19-12-7-15(13-18(19)25)22(28)20-21(14-5-3-2-4-6-14)27(24(30)23(20)29)16-8-10-17(11-9-16)34(26,31)32/h2-13,21,28H,1H3,(H2,26,31,32)/b22-20+. The number of primary sulfonamides is 1. The molecule has 1 aliphatic heterocycles. The number of hydrogen-bond acceptors (Lipinski definition) is 6. The minimum atomic E-state index is -3.94. The number of carbonyl (C=O) groups is 2. The fourth-order valence-electron chi connectivity index (χ4n) is 3.82. The van der Waals surface area contributed by atoms with Crippen molar-refractivity contribution >= 4 is 49.1 Å². The van der Waals surface area contributed by atoms with Gasteiger partial charge in [0.05, 0.1) is 28.1 Å². The molecule has 10 heteroatoms. The van der Waals surface area contributed by atoms with Gasteiger partial charge in [0, 0.05) is 11.3 Å². The number of nitrogens with two attached hydrogens (primary N) is 1. The lowest BCUT2D eigenvalue weighted by Gasteiger charge is -2.25. The van der Waals surface area contributed by atoms with Crippen LogP contribution in [0.25, 0.3) is 5.76 Å². The van der Waals surface area contributed by atoms with E-state index in [1.54, 1.807) is 48.5 Å². The van der Waals surface area contributed by atoms with Crippen molar-refractivity contribution in [3.8, 4) is 5.75 Å². The van der Waals surface area contributed by atoms with E-state index in [4.69, 9.17) is 9.88 Å². The molecule has 1 aliphatic rings. The molecule has 0 radical (unpaired) electrons. The molecule has 0 saturated carbocycles. The van der Waals surface area contributed by atoms with Gasteiger partial charge in [0.15, 0.2) is 0 Å². The van der Waals surface area contributed by atoms with Gasteiger partial charge in [0.1, 0.15) is 11.5 Å². The number of halogens is 1. The molecule has 3 N–H and O–H groups in total. The maximum atomic E-state index is 13.2. The Morgan fingerprint density at radius 1 is 1.03 bits per heavy atom. The molecule has 1 amide bonds. The van der Waals surface area contributed by atoms with Gasteiger partial charge >= 0.3 is 0 Å². The summed E-state index contributed by atoms with van der Waals surface area (Å²) in [5, 5.41) is 16.3. The molecule has 3 aromatic rings. The Kier molecular flexibility index (Phi) is 6.30. The largest absolute Gasteiger partial charge is 0.507 e. The number of anilines is 1. The van der Waals surface area contributed by atoms with Crippen molar-refractivity contribution in [1.29, 1.82) is 0 Å². The number of nitrogens with zero attached hydrogens (tertiary/aromatic N) is 1. The lowest BCUT2D eigenvalue weighted by atomic mass is 9.95. The Balaban J connectivity index is 1.90. The summed E-state index contributed by atoms with van der Waals surface area (Å²) in [6.07, 6.45) is 0. The van der Waals surface area contributed by atoms with E-state index in [1.165, 1.54) is 36.3 Å². The van der Waals surface area contributed by atoms with Gasteiger partial charge in [-0.3, -0.25) is 14.5 Å². The van der Waals surface area contributed by atoms with Crippen LogP contribution in [0.15, 0.2) is 87.7 Å². The molecule has 34 heavy (non-hydrogen) atoms. The smallest absolute Gasteiger partial charge is 0.300 e. The zero-order chi connectivity index (χ0) is 24.6. The molecule has 0 spiro atoms. The molecule has 4 rings (SSSR count). The lowest BCUT2D eigenvalue weighted by Crippen LogP contribution is -2.29. The van der Waals surface area contributed by atoms with E-state index in [1.807, 2.05) is 0 Å². The number of rotatable bonds is 5. The molecule has 8 nitrogen and oxygen atoms in total. The van der Waals surface area contributed by atoms with Crippen LogP contribution in [-0.2, 0) is 19.6 Å². The summed E-state index contributed by atoms with van der Waals surface area (Å²) in [5.41, 5.74) is 1.09. The predicted molar refractivity (Wildman–Crippen MR) is 130 cm³/mol. The number of aliphatic hydroxyl groups excluding tert-OH is 1. The zero-order valence-corrected chi connectivity index (χ0v) is 20.2. The van der Waals surface area contributed by atoms with Gasteiger partial charge in [-0.2, -0.15) is 0 Å². The highest BCUT2D eigenvalue weighted by atomic mass is 79.9. The fraction of sp³-hybridized carbons (Fsp3) is 0.0833. The highest BCUT2D eigenvalue weighted by molar-refractivity contribution is 9.10. The van der Waals surface area contributed by atoms with E-state index in [0.29, 0.717) is 21.3 Å². The van der Waals surface area contributed by atoms with Crippen LogP contribution in [0.2, 0.25) is 0 Å². The van der Waals surface area contributed by atoms with Gasteiger partial charge in [-0.15, -0.1) is 0 Å². The van der Waals surface area contributed by atoms with Gasteiger partial charge in [0.2, 0.25) is 10.0 Å². The first kappa shape index (κ1) is 23.7. The molecule has 1 fully saturated rings. The Hall–Kier alpha value is -3.47. The molecule has 1 heterocycles. The highest BCUT2D eigenvalue weighted by Crippen LogP contribution is 2.42. The topological polar surface area (TPSA) is 127 Å². The van der Waals surface area contributed by atoms with Gasteiger partial charge < -0.3 is 9.84 Å². The number of ketones is 1. The molecule has 174 valence electrons. The van der Waals surface area contributed by atoms with Crippen molar-refractivity contribution in [2.45, 2.75) is 10.9 Å². The van der Waals surface area contributed by atoms with Crippen molar-refractivity contribution in [2.24, 2.45) is 5.14 Å². The quantitative estimate of drug-likeness (QED) is 0.287. The average Bonchev–Trinajstić information content (AvgIpc) is 3.09. The Labute approximate surface area is 204 Å². The van der Waals surface area contributed by atoms with Crippen LogP contribution in [0.4, 0.5) is 5.69 Å². The summed E-state index contributed by atoms with van der Waals surface area (Å²) >= 11 is 3.36. The van der Waals surface area contributed by atoms with E-state index in [2.05, 4.69) is 15.9 Å². The minimum Gasteiger partial charge on any atom is -0.507 e. The van der Waals surface area contributed by atoms with Crippen LogP contribution in [-0.4, -0.2) is 32.3 Å². The summed E-state index contributed by atoms with van der Waals surface area (Å²) in [5.74, 6) is -1.54. The third-order valence-corrected chi connectivity index (χ3v) is 6.98. The second-order valence-electron chi connectivity index (χ2n) is 7.47. The molecule has 1 unspecified atom stereocenters. The van der Waals surface area contributed by atoms with E-state index < -0.39 is 27.8 Å². The van der Waals surface area contributed by atoms with Gasteiger partial charge in [-0.25, -0.2) is 13.6 Å². The molecule has 1 saturated heterocycles. The summed E-state index contributed by atoms with van der Waals surface area (Å²) in [6.45, 7) is 0. The molecule has 0 aromatic heterocycles. The zero-order valence-electron chi connectivity index (χ0n) is 17.8. The second kappa shape index (κ2) is 9.05. The minimum absolute atomic E-state index is 0.0937. The number of Topliss-reactive ketones (excluding diaryl/α,β-unsaturated/α-hetero) is 1. The molecular weight excluding hydrogens is 524 g/mol. The number of methoxy groups -OCH3 is 1. The second-order valence-corrected chi connectivity index (χ2v) is 9.88. The molecule has 0 aliphatic carbocycles. The predicted octanol–water partition coefficient (Wildman–Crippen LogP) is 3.73. The van der Waals surface area contributed by atoms with Crippen molar-refractivity contribution < 1.29 is 27.9 Å². The van der Waals surface area contributed by atoms with Gasteiger partial charge in [-0.05, 0) is 64.0 Å². The van der Waals surface area contributed by atoms with E-state index in [0.717, 1.165) is 0 Å². The van der Waals surface area contributed by atoms with Crippen LogP contribution < -0.4 is 14.8 Å². The highest BCUT2D eigenvalue weighted by Gasteiger charge is 2.47. The molecule has 0 bridgehead atoms. The van der Waals surface area contributed by atoms with Crippen molar-refractivity contribution in [3.05, 3.63) is 94.0 Å². The first-order valence-corrected chi connectivity index (χ1v) is 12.3. The maximum absolute atomic E-state index is 13.2. The fourth-order valence-corrected chi connectivity index (χ4v) is 4.87. The maximum Gasteiger partial charge on any atom is 0.300 e. The molecular formula is C24H19BrN2O6S. The van der Waals surface area contributed by atoms with Crippen LogP contribution in [0.3, 0.4) is 0 Å². The number of ether oxygens (including phenoxy) is 1. The number of carbonyl (C=O) groups excluding carboxylic acids is 2. The van der Waals surface area contributed by atoms with Crippen LogP contribution in [0, 0.1) is 0 Å². The van der Waals surface area contributed by atoms with Crippen molar-refractivity contribution in [2.75, 3.05) is 12.0 Å². The Morgan fingerprint density at radius 3 is 2.24 bits per heavy atom. The van der Waals surface area contributed by atoms with Crippen LogP contribution in [0.1, 0.15) is 17.2 Å². The lowest BCUT2D eigenvalue weighted by molar-refractivity contribution is -0.132. The number of hydrogen-bond donors (Lipinski definition) is 2. The van der Waals surface area contributed by atoms with Gasteiger partial charge in [-0.1, -0.05) is 30.3 Å². The summed E-state index contributed by atoms with van der Waals surface area (Å²) in [7, 11) is -2.44. The van der Waals surface area contributed by atoms with E-state index in [-0.39, 0.29) is 21.9 Å². The third-order valence-electron chi connectivity index (χ3n) is 5.43. The first-order valence-electron chi connectivity index (χ1n) is 9.96. The Morgan fingerprint density at radius 2 is 1.68 bits per heavy atom.